The highest BCUT2D eigenvalue weighted by Crippen LogP contribution is 2.54. The second-order valence-corrected chi connectivity index (χ2v) is 5.86. The van der Waals surface area contributed by atoms with Crippen LogP contribution in [0.5, 0.6) is 0 Å². The van der Waals surface area contributed by atoms with Crippen LogP contribution >= 0.6 is 0 Å². The van der Waals surface area contributed by atoms with Gasteiger partial charge in [0, 0.05) is 26.1 Å². The summed E-state index contributed by atoms with van der Waals surface area (Å²) in [5, 5.41) is 0. The molecule has 1 fully saturated rings. The van der Waals surface area contributed by atoms with Gasteiger partial charge in [0.25, 0.3) is 0 Å². The first-order valence-corrected chi connectivity index (χ1v) is 7.21. The highest BCUT2D eigenvalue weighted by atomic mass is 16.7. The molecule has 0 aromatic rings. The topological polar surface area (TPSA) is 35.5 Å². The van der Waals surface area contributed by atoms with E-state index in [2.05, 4.69) is 12.2 Å². The number of Topliss-reactive ketones (excluding diaryl/α,β-unsaturated/α-hetero) is 1. The molecule has 19 heavy (non-hydrogen) atoms. The van der Waals surface area contributed by atoms with E-state index in [0.29, 0.717) is 17.6 Å². The van der Waals surface area contributed by atoms with Crippen molar-refractivity contribution in [1.29, 1.82) is 0 Å². The molecule has 0 unspecified atom stereocenters. The first-order chi connectivity index (χ1) is 9.16. The predicted molar refractivity (Wildman–Crippen MR) is 72.5 cm³/mol. The Kier molecular flexibility index (Phi) is 3.14. The first-order valence-electron chi connectivity index (χ1n) is 7.21. The standard InChI is InChI=1S/C16H22O3/c1-4-10-9-16(18-2,19-3)14-12-7-5-11(6-8-12)13(14)15(10)17/h5,7,9,11-14H,4,6,8H2,1-3H3/t11-,12+,13-,14+/m1/s1. The summed E-state index contributed by atoms with van der Waals surface area (Å²) in [6, 6.07) is 0. The second-order valence-electron chi connectivity index (χ2n) is 5.86. The average Bonchev–Trinajstić information content (AvgIpc) is 2.49. The van der Waals surface area contributed by atoms with Crippen LogP contribution < -0.4 is 0 Å². The molecule has 0 heterocycles. The monoisotopic (exact) mass is 262 g/mol. The van der Waals surface area contributed by atoms with Crippen molar-refractivity contribution in [3.8, 4) is 0 Å². The number of methoxy groups -OCH3 is 2. The quantitative estimate of drug-likeness (QED) is 0.579. The summed E-state index contributed by atoms with van der Waals surface area (Å²) in [7, 11) is 3.37. The van der Waals surface area contributed by atoms with Crippen molar-refractivity contribution in [1.82, 2.24) is 0 Å². The van der Waals surface area contributed by atoms with Gasteiger partial charge in [-0.15, -0.1) is 0 Å². The Hall–Kier alpha value is -0.930. The molecule has 0 aromatic carbocycles. The fraction of sp³-hybridized carbons (Fsp3) is 0.688. The van der Waals surface area contributed by atoms with Crippen molar-refractivity contribution < 1.29 is 14.3 Å². The van der Waals surface area contributed by atoms with Gasteiger partial charge in [-0.05, 0) is 42.7 Å². The number of fused-ring (bicyclic) bond motifs is 1. The summed E-state index contributed by atoms with van der Waals surface area (Å²) in [6.45, 7) is 2.02. The number of ether oxygens (including phenoxy) is 2. The minimum atomic E-state index is -0.724. The van der Waals surface area contributed by atoms with Crippen molar-refractivity contribution in [3.63, 3.8) is 0 Å². The van der Waals surface area contributed by atoms with Crippen LogP contribution in [0.3, 0.4) is 0 Å². The fourth-order valence-corrected chi connectivity index (χ4v) is 4.27. The van der Waals surface area contributed by atoms with E-state index in [9.17, 15) is 4.79 Å². The minimum Gasteiger partial charge on any atom is -0.349 e. The number of allylic oxidation sites excluding steroid dienone is 3. The molecule has 0 saturated heterocycles. The van der Waals surface area contributed by atoms with Crippen LogP contribution in [0.4, 0.5) is 0 Å². The summed E-state index contributed by atoms with van der Waals surface area (Å²) in [4.78, 5) is 12.7. The molecule has 0 N–H and O–H groups in total. The number of ketones is 1. The molecule has 0 aliphatic heterocycles. The van der Waals surface area contributed by atoms with Crippen LogP contribution in [-0.4, -0.2) is 25.8 Å². The van der Waals surface area contributed by atoms with Crippen molar-refractivity contribution in [2.75, 3.05) is 14.2 Å². The summed E-state index contributed by atoms with van der Waals surface area (Å²) >= 11 is 0. The lowest BCUT2D eigenvalue weighted by Gasteiger charge is -2.53. The van der Waals surface area contributed by atoms with Gasteiger partial charge in [-0.2, -0.15) is 0 Å². The van der Waals surface area contributed by atoms with E-state index in [1.165, 1.54) is 0 Å². The summed E-state index contributed by atoms with van der Waals surface area (Å²) < 4.78 is 11.5. The van der Waals surface area contributed by atoms with Crippen LogP contribution in [-0.2, 0) is 14.3 Å². The van der Waals surface area contributed by atoms with Crippen LogP contribution in [0, 0.1) is 23.7 Å². The van der Waals surface area contributed by atoms with Crippen molar-refractivity contribution >= 4 is 5.78 Å². The van der Waals surface area contributed by atoms with Gasteiger partial charge in [0.05, 0.1) is 0 Å². The zero-order chi connectivity index (χ0) is 13.6. The average molecular weight is 262 g/mol. The van der Waals surface area contributed by atoms with Crippen molar-refractivity contribution in [2.24, 2.45) is 23.7 Å². The van der Waals surface area contributed by atoms with E-state index in [1.54, 1.807) is 14.2 Å². The molecule has 4 aliphatic carbocycles. The molecule has 2 bridgehead atoms. The van der Waals surface area contributed by atoms with Crippen molar-refractivity contribution in [3.05, 3.63) is 23.8 Å². The van der Waals surface area contributed by atoms with E-state index < -0.39 is 5.79 Å². The van der Waals surface area contributed by atoms with E-state index in [1.807, 2.05) is 13.0 Å². The van der Waals surface area contributed by atoms with Crippen LogP contribution in [0.2, 0.25) is 0 Å². The molecule has 0 amide bonds. The summed E-state index contributed by atoms with van der Waals surface area (Å²) in [5.41, 5.74) is 0.867. The predicted octanol–water partition coefficient (Wildman–Crippen LogP) is 2.72. The van der Waals surface area contributed by atoms with E-state index >= 15 is 0 Å². The molecule has 0 radical (unpaired) electrons. The lowest BCUT2D eigenvalue weighted by atomic mass is 9.55. The third-order valence-electron chi connectivity index (χ3n) is 5.23. The van der Waals surface area contributed by atoms with Gasteiger partial charge in [0.2, 0.25) is 0 Å². The normalized spacial score (nSPS) is 39.1. The smallest absolute Gasteiger partial charge is 0.191 e. The Labute approximate surface area is 114 Å². The van der Waals surface area contributed by atoms with Crippen molar-refractivity contribution in [2.45, 2.75) is 32.0 Å². The first kappa shape index (κ1) is 13.1. The number of rotatable bonds is 3. The fourth-order valence-electron chi connectivity index (χ4n) is 4.27. The molecule has 4 atom stereocenters. The molecule has 0 aromatic heterocycles. The Morgan fingerprint density at radius 1 is 1.21 bits per heavy atom. The number of hydrogen-bond acceptors (Lipinski definition) is 3. The molecule has 1 saturated carbocycles. The van der Waals surface area contributed by atoms with Crippen LogP contribution in [0.1, 0.15) is 26.2 Å². The molecule has 3 nitrogen and oxygen atoms in total. The number of carbonyl (C=O) groups excluding carboxylic acids is 1. The minimum absolute atomic E-state index is 0.0450. The van der Waals surface area contributed by atoms with Gasteiger partial charge >= 0.3 is 0 Å². The Bertz CT molecular complexity index is 445. The van der Waals surface area contributed by atoms with Gasteiger partial charge in [-0.3, -0.25) is 4.79 Å². The SMILES string of the molecule is CCC1=CC(OC)(OC)[C@@H]2[C@H](C1=O)[C@@H]1C=C[C@H]2CC1. The molecule has 104 valence electrons. The molecule has 4 rings (SSSR count). The van der Waals surface area contributed by atoms with Gasteiger partial charge in [0.1, 0.15) is 0 Å². The maximum absolute atomic E-state index is 12.7. The lowest BCUT2D eigenvalue weighted by Crippen LogP contribution is -2.57. The second kappa shape index (κ2) is 4.57. The Balaban J connectivity index is 2.12. The van der Waals surface area contributed by atoms with E-state index in [-0.39, 0.29) is 11.8 Å². The van der Waals surface area contributed by atoms with E-state index in [0.717, 1.165) is 24.8 Å². The molecular weight excluding hydrogens is 240 g/mol. The zero-order valence-electron chi connectivity index (χ0n) is 11.9. The summed E-state index contributed by atoms with van der Waals surface area (Å²) in [6.07, 6.45) is 9.44. The number of carbonyl (C=O) groups is 1. The van der Waals surface area contributed by atoms with E-state index in [4.69, 9.17) is 9.47 Å². The molecule has 3 heteroatoms. The lowest BCUT2D eigenvalue weighted by molar-refractivity contribution is -0.236. The third-order valence-corrected chi connectivity index (χ3v) is 5.23. The van der Waals surface area contributed by atoms with Gasteiger partial charge < -0.3 is 9.47 Å². The largest absolute Gasteiger partial charge is 0.349 e. The maximum Gasteiger partial charge on any atom is 0.191 e. The zero-order valence-corrected chi connectivity index (χ0v) is 11.9. The third kappa shape index (κ3) is 1.68. The van der Waals surface area contributed by atoms with Gasteiger partial charge in [0.15, 0.2) is 11.6 Å². The highest BCUT2D eigenvalue weighted by molar-refractivity contribution is 5.99. The Morgan fingerprint density at radius 2 is 1.84 bits per heavy atom. The van der Waals surface area contributed by atoms with Gasteiger partial charge in [-0.25, -0.2) is 0 Å². The molecular formula is C16H22O3. The molecule has 0 spiro atoms. The Morgan fingerprint density at radius 3 is 2.37 bits per heavy atom. The highest BCUT2D eigenvalue weighted by Gasteiger charge is 2.57. The number of hydrogen-bond donors (Lipinski definition) is 0. The maximum atomic E-state index is 12.7. The van der Waals surface area contributed by atoms with Crippen LogP contribution in [0.25, 0.3) is 0 Å². The molecule has 4 aliphatic rings. The van der Waals surface area contributed by atoms with Crippen LogP contribution in [0.15, 0.2) is 23.8 Å². The van der Waals surface area contributed by atoms with Gasteiger partial charge in [-0.1, -0.05) is 19.1 Å². The summed E-state index contributed by atoms with van der Waals surface area (Å²) in [5.74, 6) is 0.530.